The lowest BCUT2D eigenvalue weighted by atomic mass is 9.77. The fourth-order valence-electron chi connectivity index (χ4n) is 2.83. The van der Waals surface area contributed by atoms with Gasteiger partial charge in [-0.3, -0.25) is 0 Å². The Balaban J connectivity index is 2.19. The number of methoxy groups -OCH3 is 1. The number of furan rings is 1. The Morgan fingerprint density at radius 1 is 1.32 bits per heavy atom. The highest BCUT2D eigenvalue weighted by molar-refractivity contribution is 5.46. The third-order valence-electron chi connectivity index (χ3n) is 3.74. The number of benzene rings is 1. The van der Waals surface area contributed by atoms with Gasteiger partial charge < -0.3 is 14.3 Å². The molecule has 1 N–H and O–H groups in total. The lowest BCUT2D eigenvalue weighted by Gasteiger charge is -2.33. The van der Waals surface area contributed by atoms with Crippen molar-refractivity contribution in [3.8, 4) is 5.75 Å². The maximum Gasteiger partial charge on any atom is 0.125 e. The van der Waals surface area contributed by atoms with Crippen molar-refractivity contribution in [1.29, 1.82) is 0 Å². The SMILES string of the molecule is COc1ccc(F)cc1C1(O)CCCc2occc21. The molecule has 1 aliphatic carbocycles. The zero-order valence-corrected chi connectivity index (χ0v) is 10.6. The molecule has 0 radical (unpaired) electrons. The lowest BCUT2D eigenvalue weighted by Crippen LogP contribution is -2.31. The first-order valence-electron chi connectivity index (χ1n) is 6.28. The first-order valence-corrected chi connectivity index (χ1v) is 6.28. The van der Waals surface area contributed by atoms with Gasteiger partial charge in [0.25, 0.3) is 0 Å². The molecule has 19 heavy (non-hydrogen) atoms. The van der Waals surface area contributed by atoms with E-state index in [2.05, 4.69) is 0 Å². The largest absolute Gasteiger partial charge is 0.496 e. The molecule has 0 fully saturated rings. The van der Waals surface area contributed by atoms with Gasteiger partial charge in [-0.25, -0.2) is 4.39 Å². The van der Waals surface area contributed by atoms with Crippen molar-refractivity contribution in [2.24, 2.45) is 0 Å². The highest BCUT2D eigenvalue weighted by atomic mass is 19.1. The van der Waals surface area contributed by atoms with E-state index in [1.54, 1.807) is 12.3 Å². The van der Waals surface area contributed by atoms with Gasteiger partial charge in [0, 0.05) is 17.5 Å². The Labute approximate surface area is 110 Å². The zero-order chi connectivity index (χ0) is 13.5. The van der Waals surface area contributed by atoms with E-state index in [-0.39, 0.29) is 5.82 Å². The number of ether oxygens (including phenoxy) is 1. The van der Waals surface area contributed by atoms with E-state index in [4.69, 9.17) is 9.15 Å². The summed E-state index contributed by atoms with van der Waals surface area (Å²) in [5.41, 5.74) is -0.0754. The average Bonchev–Trinajstić information content (AvgIpc) is 2.89. The summed E-state index contributed by atoms with van der Waals surface area (Å²) in [5.74, 6) is 0.859. The molecule has 1 aromatic heterocycles. The summed E-state index contributed by atoms with van der Waals surface area (Å²) in [6.07, 6.45) is 3.67. The Hall–Kier alpha value is -1.81. The van der Waals surface area contributed by atoms with Crippen molar-refractivity contribution in [1.82, 2.24) is 0 Å². The minimum absolute atomic E-state index is 0.389. The van der Waals surface area contributed by atoms with Crippen molar-refractivity contribution in [3.63, 3.8) is 0 Å². The predicted molar refractivity (Wildman–Crippen MR) is 67.6 cm³/mol. The minimum Gasteiger partial charge on any atom is -0.496 e. The molecule has 0 aliphatic heterocycles. The molecule has 2 aromatic rings. The van der Waals surface area contributed by atoms with Crippen molar-refractivity contribution < 1.29 is 18.7 Å². The van der Waals surface area contributed by atoms with Crippen LogP contribution in [0.15, 0.2) is 34.9 Å². The smallest absolute Gasteiger partial charge is 0.125 e. The van der Waals surface area contributed by atoms with Gasteiger partial charge in [0.1, 0.15) is 22.9 Å². The summed E-state index contributed by atoms with van der Waals surface area (Å²) >= 11 is 0. The summed E-state index contributed by atoms with van der Waals surface area (Å²) in [6, 6.07) is 5.95. The quantitative estimate of drug-likeness (QED) is 0.904. The summed E-state index contributed by atoms with van der Waals surface area (Å²) in [4.78, 5) is 0. The van der Waals surface area contributed by atoms with Gasteiger partial charge in [-0.2, -0.15) is 0 Å². The Kier molecular flexibility index (Phi) is 2.82. The molecule has 0 bridgehead atoms. The van der Waals surface area contributed by atoms with Crippen LogP contribution >= 0.6 is 0 Å². The molecule has 1 aromatic carbocycles. The van der Waals surface area contributed by atoms with Gasteiger partial charge in [0.15, 0.2) is 0 Å². The lowest BCUT2D eigenvalue weighted by molar-refractivity contribution is 0.0560. The molecule has 4 heteroatoms. The highest BCUT2D eigenvalue weighted by Gasteiger charge is 2.40. The molecule has 0 spiro atoms. The molecule has 0 amide bonds. The highest BCUT2D eigenvalue weighted by Crippen LogP contribution is 2.44. The van der Waals surface area contributed by atoms with Crippen molar-refractivity contribution in [2.45, 2.75) is 24.9 Å². The van der Waals surface area contributed by atoms with Crippen LogP contribution in [0.5, 0.6) is 5.75 Å². The summed E-state index contributed by atoms with van der Waals surface area (Å²) < 4.78 is 24.2. The fraction of sp³-hybridized carbons (Fsp3) is 0.333. The minimum atomic E-state index is -1.24. The van der Waals surface area contributed by atoms with Crippen LogP contribution in [0.4, 0.5) is 4.39 Å². The van der Waals surface area contributed by atoms with E-state index < -0.39 is 5.60 Å². The van der Waals surface area contributed by atoms with E-state index >= 15 is 0 Å². The molecule has 0 saturated heterocycles. The van der Waals surface area contributed by atoms with E-state index in [1.807, 2.05) is 0 Å². The van der Waals surface area contributed by atoms with Crippen LogP contribution in [0.1, 0.15) is 29.7 Å². The Bertz CT molecular complexity index is 605. The van der Waals surface area contributed by atoms with Crippen LogP contribution in [0.2, 0.25) is 0 Å². The predicted octanol–water partition coefficient (Wildman–Crippen LogP) is 3.00. The molecule has 1 aliphatic rings. The summed E-state index contributed by atoms with van der Waals surface area (Å²) in [6.45, 7) is 0. The van der Waals surface area contributed by atoms with E-state index in [0.29, 0.717) is 23.3 Å². The van der Waals surface area contributed by atoms with Gasteiger partial charge in [0.2, 0.25) is 0 Å². The number of halogens is 1. The number of fused-ring (bicyclic) bond motifs is 1. The van der Waals surface area contributed by atoms with Gasteiger partial charge in [-0.05, 0) is 37.1 Å². The summed E-state index contributed by atoms with van der Waals surface area (Å²) in [7, 11) is 1.51. The Morgan fingerprint density at radius 3 is 2.95 bits per heavy atom. The molecule has 100 valence electrons. The third kappa shape index (κ3) is 1.83. The first-order chi connectivity index (χ1) is 9.15. The number of rotatable bonds is 2. The van der Waals surface area contributed by atoms with Gasteiger partial charge >= 0.3 is 0 Å². The number of aliphatic hydroxyl groups is 1. The molecular weight excluding hydrogens is 247 g/mol. The number of hydrogen-bond donors (Lipinski definition) is 1. The monoisotopic (exact) mass is 262 g/mol. The van der Waals surface area contributed by atoms with Crippen molar-refractivity contribution >= 4 is 0 Å². The third-order valence-corrected chi connectivity index (χ3v) is 3.74. The second-order valence-electron chi connectivity index (χ2n) is 4.82. The van der Waals surface area contributed by atoms with E-state index in [0.717, 1.165) is 18.6 Å². The zero-order valence-electron chi connectivity index (χ0n) is 10.6. The fourth-order valence-corrected chi connectivity index (χ4v) is 2.83. The van der Waals surface area contributed by atoms with E-state index in [9.17, 15) is 9.50 Å². The van der Waals surface area contributed by atoms with Crippen LogP contribution in [0.3, 0.4) is 0 Å². The van der Waals surface area contributed by atoms with Gasteiger partial charge in [-0.1, -0.05) is 0 Å². The second kappa shape index (κ2) is 4.38. The second-order valence-corrected chi connectivity index (χ2v) is 4.82. The molecular formula is C15H15FO3. The van der Waals surface area contributed by atoms with Gasteiger partial charge in [-0.15, -0.1) is 0 Å². The molecule has 3 nitrogen and oxygen atoms in total. The Morgan fingerprint density at radius 2 is 2.16 bits per heavy atom. The topological polar surface area (TPSA) is 42.6 Å². The van der Waals surface area contributed by atoms with Crippen LogP contribution < -0.4 is 4.74 Å². The maximum atomic E-state index is 13.5. The van der Waals surface area contributed by atoms with E-state index in [1.165, 1.54) is 25.3 Å². The maximum absolute atomic E-state index is 13.5. The van der Waals surface area contributed by atoms with Crippen LogP contribution in [0.25, 0.3) is 0 Å². The van der Waals surface area contributed by atoms with Crippen LogP contribution in [-0.2, 0) is 12.0 Å². The standard InChI is InChI=1S/C15H15FO3/c1-18-13-5-4-10(16)9-12(13)15(17)7-2-3-14-11(15)6-8-19-14/h4-6,8-9,17H,2-3,7H2,1H3. The normalized spacial score (nSPS) is 22.1. The van der Waals surface area contributed by atoms with Crippen molar-refractivity contribution in [2.75, 3.05) is 7.11 Å². The summed E-state index contributed by atoms with van der Waals surface area (Å²) in [5, 5.41) is 11.0. The molecule has 1 unspecified atom stereocenters. The molecule has 0 saturated carbocycles. The number of hydrogen-bond acceptors (Lipinski definition) is 3. The van der Waals surface area contributed by atoms with Crippen LogP contribution in [-0.4, -0.2) is 12.2 Å². The first kappa shape index (κ1) is 12.2. The molecule has 1 heterocycles. The van der Waals surface area contributed by atoms with Crippen LogP contribution in [0, 0.1) is 5.82 Å². The van der Waals surface area contributed by atoms with Crippen molar-refractivity contribution in [3.05, 3.63) is 53.2 Å². The van der Waals surface area contributed by atoms with Gasteiger partial charge in [0.05, 0.1) is 13.4 Å². The average molecular weight is 262 g/mol. The molecule has 3 rings (SSSR count). The number of aryl methyl sites for hydroxylation is 1. The molecule has 1 atom stereocenters.